The van der Waals surface area contributed by atoms with E-state index in [1.165, 1.54) is 0 Å². The molecule has 1 aliphatic carbocycles. The van der Waals surface area contributed by atoms with E-state index in [1.807, 2.05) is 27.7 Å². The lowest BCUT2D eigenvalue weighted by molar-refractivity contribution is -0.176. The van der Waals surface area contributed by atoms with Crippen LogP contribution >= 0.6 is 15.9 Å². The summed E-state index contributed by atoms with van der Waals surface area (Å²) < 4.78 is 23.4. The molecule has 0 aromatic heterocycles. The fourth-order valence-corrected chi connectivity index (χ4v) is 3.74. The molecule has 3 fully saturated rings. The number of aliphatic hydroxyl groups is 1. The molecule has 6 heteroatoms. The maximum atomic E-state index is 10.3. The molecule has 1 saturated carbocycles. The van der Waals surface area contributed by atoms with Crippen LogP contribution in [-0.4, -0.2) is 52.0 Å². The average molecular weight is 323 g/mol. The van der Waals surface area contributed by atoms with E-state index in [2.05, 4.69) is 15.9 Å². The highest BCUT2D eigenvalue weighted by atomic mass is 79.9. The first-order valence-corrected chi connectivity index (χ1v) is 7.15. The second kappa shape index (κ2) is 3.90. The summed E-state index contributed by atoms with van der Waals surface area (Å²) in [6.45, 7) is 7.43. The molecule has 104 valence electrons. The molecule has 5 nitrogen and oxygen atoms in total. The molecule has 2 aliphatic heterocycles. The van der Waals surface area contributed by atoms with E-state index in [9.17, 15) is 5.11 Å². The summed E-state index contributed by atoms with van der Waals surface area (Å²) in [7, 11) is 0. The van der Waals surface area contributed by atoms with Crippen molar-refractivity contribution in [2.45, 2.75) is 74.6 Å². The summed E-state index contributed by atoms with van der Waals surface area (Å²) in [4.78, 5) is -0.219. The van der Waals surface area contributed by atoms with Crippen LogP contribution in [-0.2, 0) is 18.9 Å². The number of ether oxygens (including phenoxy) is 4. The fraction of sp³-hybridized carbons (Fsp3) is 1.00. The molecule has 2 saturated heterocycles. The standard InChI is InChI=1S/C12H19BrO5/c1-11(2)15-7-5(13)6(14)8-10(9(7)17-11)18-12(3,4)16-8/h5-10,14H,1-4H3/t5-,6-,7+,8+,9+,10+/m0/s1. The van der Waals surface area contributed by atoms with Crippen LogP contribution < -0.4 is 0 Å². The van der Waals surface area contributed by atoms with Crippen LogP contribution in [0.2, 0.25) is 0 Å². The van der Waals surface area contributed by atoms with E-state index in [1.54, 1.807) is 0 Å². The molecule has 0 aromatic rings. The van der Waals surface area contributed by atoms with Crippen molar-refractivity contribution >= 4 is 15.9 Å². The second-order valence-corrected chi connectivity index (χ2v) is 7.12. The van der Waals surface area contributed by atoms with Gasteiger partial charge in [-0.05, 0) is 27.7 Å². The van der Waals surface area contributed by atoms with Crippen LogP contribution in [0.4, 0.5) is 0 Å². The van der Waals surface area contributed by atoms with Crippen molar-refractivity contribution in [2.24, 2.45) is 0 Å². The third-order valence-electron chi connectivity index (χ3n) is 3.63. The van der Waals surface area contributed by atoms with Gasteiger partial charge < -0.3 is 24.1 Å². The number of aliphatic hydroxyl groups excluding tert-OH is 1. The SMILES string of the molecule is CC1(C)O[C@H]2[C@@H]3OC(C)(C)O[C@@H]3[C@@H](Br)[C@H](O)[C@H]2O1. The van der Waals surface area contributed by atoms with Crippen LogP contribution in [0.1, 0.15) is 27.7 Å². The number of hydrogen-bond donors (Lipinski definition) is 1. The highest BCUT2D eigenvalue weighted by Crippen LogP contribution is 2.46. The van der Waals surface area contributed by atoms with Crippen molar-refractivity contribution in [1.82, 2.24) is 0 Å². The van der Waals surface area contributed by atoms with E-state index in [0.717, 1.165) is 0 Å². The predicted molar refractivity (Wildman–Crippen MR) is 66.4 cm³/mol. The van der Waals surface area contributed by atoms with Gasteiger partial charge in [-0.25, -0.2) is 0 Å². The topological polar surface area (TPSA) is 57.2 Å². The highest BCUT2D eigenvalue weighted by molar-refractivity contribution is 9.09. The van der Waals surface area contributed by atoms with E-state index in [-0.39, 0.29) is 29.2 Å². The highest BCUT2D eigenvalue weighted by Gasteiger charge is 2.62. The van der Waals surface area contributed by atoms with Gasteiger partial charge in [0.2, 0.25) is 0 Å². The largest absolute Gasteiger partial charge is 0.389 e. The third-order valence-corrected chi connectivity index (χ3v) is 4.69. The molecular formula is C12H19BrO5. The molecular weight excluding hydrogens is 304 g/mol. The summed E-state index contributed by atoms with van der Waals surface area (Å²) in [5.74, 6) is -1.36. The fourth-order valence-electron chi connectivity index (χ4n) is 3.03. The van der Waals surface area contributed by atoms with E-state index in [0.29, 0.717) is 0 Å². The Morgan fingerprint density at radius 3 is 1.72 bits per heavy atom. The molecule has 3 rings (SSSR count). The van der Waals surface area contributed by atoms with Crippen molar-refractivity contribution in [1.29, 1.82) is 0 Å². The van der Waals surface area contributed by atoms with Gasteiger partial charge in [0.15, 0.2) is 11.6 Å². The number of fused-ring (bicyclic) bond motifs is 3. The Labute approximate surface area is 115 Å². The third kappa shape index (κ3) is 1.94. The van der Waals surface area contributed by atoms with E-state index in [4.69, 9.17) is 18.9 Å². The Morgan fingerprint density at radius 2 is 1.17 bits per heavy atom. The quantitative estimate of drug-likeness (QED) is 0.678. The molecule has 1 N–H and O–H groups in total. The van der Waals surface area contributed by atoms with E-state index < -0.39 is 17.7 Å². The molecule has 0 spiro atoms. The van der Waals surface area contributed by atoms with Crippen molar-refractivity contribution in [3.63, 3.8) is 0 Å². The molecule has 3 aliphatic rings. The second-order valence-electron chi connectivity index (χ2n) is 6.06. The maximum Gasteiger partial charge on any atom is 0.164 e. The minimum absolute atomic E-state index is 0.219. The average Bonchev–Trinajstić information content (AvgIpc) is 2.71. The van der Waals surface area contributed by atoms with Crippen molar-refractivity contribution < 1.29 is 24.1 Å². The van der Waals surface area contributed by atoms with Gasteiger partial charge in [0.25, 0.3) is 0 Å². The minimum atomic E-state index is -0.700. The summed E-state index contributed by atoms with van der Waals surface area (Å²) in [5, 5.41) is 10.3. The first-order chi connectivity index (χ1) is 8.20. The van der Waals surface area contributed by atoms with Gasteiger partial charge in [-0.1, -0.05) is 15.9 Å². The van der Waals surface area contributed by atoms with Gasteiger partial charge in [-0.2, -0.15) is 0 Å². The number of rotatable bonds is 0. The van der Waals surface area contributed by atoms with Crippen molar-refractivity contribution in [3.05, 3.63) is 0 Å². The van der Waals surface area contributed by atoms with E-state index >= 15 is 0 Å². The lowest BCUT2D eigenvalue weighted by Crippen LogP contribution is -2.59. The molecule has 0 bridgehead atoms. The Kier molecular flexibility index (Phi) is 2.87. The van der Waals surface area contributed by atoms with Crippen LogP contribution in [0.15, 0.2) is 0 Å². The summed E-state index contributed by atoms with van der Waals surface area (Å²) >= 11 is 3.50. The van der Waals surface area contributed by atoms with Crippen LogP contribution in [0, 0.1) is 0 Å². The van der Waals surface area contributed by atoms with Crippen molar-refractivity contribution in [2.75, 3.05) is 0 Å². The first-order valence-electron chi connectivity index (χ1n) is 6.24. The van der Waals surface area contributed by atoms with Gasteiger partial charge in [0, 0.05) is 0 Å². The van der Waals surface area contributed by atoms with Gasteiger partial charge in [-0.15, -0.1) is 0 Å². The first kappa shape index (κ1) is 13.3. The molecule has 2 heterocycles. The zero-order valence-corrected chi connectivity index (χ0v) is 12.5. The Bertz CT molecular complexity index is 324. The lowest BCUT2D eigenvalue weighted by Gasteiger charge is -2.38. The summed E-state index contributed by atoms with van der Waals surface area (Å²) in [5.41, 5.74) is 0. The number of alkyl halides is 1. The number of halogens is 1. The molecule has 0 amide bonds. The Morgan fingerprint density at radius 1 is 0.778 bits per heavy atom. The van der Waals surface area contributed by atoms with Gasteiger partial charge in [-0.3, -0.25) is 0 Å². The molecule has 18 heavy (non-hydrogen) atoms. The van der Waals surface area contributed by atoms with Gasteiger partial charge >= 0.3 is 0 Å². The molecule has 0 unspecified atom stereocenters. The normalized spacial score (nSPS) is 53.0. The predicted octanol–water partition coefficient (Wildman–Crippen LogP) is 1.16. The molecule has 6 atom stereocenters. The van der Waals surface area contributed by atoms with Gasteiger partial charge in [0.05, 0.1) is 10.9 Å². The monoisotopic (exact) mass is 322 g/mol. The van der Waals surface area contributed by atoms with Crippen LogP contribution in [0.5, 0.6) is 0 Å². The zero-order chi connectivity index (χ0) is 13.3. The number of hydrogen-bond acceptors (Lipinski definition) is 5. The van der Waals surface area contributed by atoms with Gasteiger partial charge in [0.1, 0.15) is 24.4 Å². The summed E-state index contributed by atoms with van der Waals surface area (Å²) in [6.07, 6.45) is -1.80. The van der Waals surface area contributed by atoms with Crippen molar-refractivity contribution in [3.8, 4) is 0 Å². The van der Waals surface area contributed by atoms with Crippen LogP contribution in [0.25, 0.3) is 0 Å². The Hall–Kier alpha value is 0.280. The van der Waals surface area contributed by atoms with Crippen LogP contribution in [0.3, 0.4) is 0 Å². The molecule has 0 aromatic carbocycles. The molecule has 0 radical (unpaired) electrons. The summed E-state index contributed by atoms with van der Waals surface area (Å²) in [6, 6.07) is 0. The smallest absolute Gasteiger partial charge is 0.164 e. The zero-order valence-electron chi connectivity index (χ0n) is 10.9. The maximum absolute atomic E-state index is 10.3. The minimum Gasteiger partial charge on any atom is -0.389 e. The Balaban J connectivity index is 1.91. The lowest BCUT2D eigenvalue weighted by atomic mass is 9.87.